The largest absolute Gasteiger partial charge is 0.454 e. The van der Waals surface area contributed by atoms with Crippen LogP contribution >= 0.6 is 0 Å². The minimum absolute atomic E-state index is 0.0283. The number of nitrogens with zero attached hydrogens (tertiary/aromatic N) is 1. The molecule has 0 radical (unpaired) electrons. The molecule has 1 aromatic rings. The summed E-state index contributed by atoms with van der Waals surface area (Å²) in [6.07, 6.45) is -0.427. The minimum Gasteiger partial charge on any atom is -0.454 e. The fourth-order valence-electron chi connectivity index (χ4n) is 2.28. The summed E-state index contributed by atoms with van der Waals surface area (Å²) in [5.74, 6) is 1.37. The molecular formula is C13H16N2O4. The minimum atomic E-state index is -0.427. The third kappa shape index (κ3) is 2.24. The zero-order valence-corrected chi connectivity index (χ0v) is 10.7. The molecule has 6 nitrogen and oxygen atoms in total. The van der Waals surface area contributed by atoms with Crippen LogP contribution in [0.15, 0.2) is 18.2 Å². The van der Waals surface area contributed by atoms with E-state index in [4.69, 9.17) is 14.2 Å². The van der Waals surface area contributed by atoms with Crippen molar-refractivity contribution >= 4 is 11.6 Å². The van der Waals surface area contributed by atoms with Crippen LogP contribution in [0.25, 0.3) is 0 Å². The standard InChI is InChI=1S/C13H16N2O4/c1-14-7-12-13(16)15(4-5-17-12)9-2-3-10-11(6-9)19-8-18-10/h2-3,6,12,14H,4-5,7-8H2,1H3. The van der Waals surface area contributed by atoms with Crippen LogP contribution in [-0.4, -0.2) is 45.5 Å². The number of rotatable bonds is 3. The van der Waals surface area contributed by atoms with Gasteiger partial charge in [0, 0.05) is 24.8 Å². The van der Waals surface area contributed by atoms with Gasteiger partial charge in [-0.15, -0.1) is 0 Å². The highest BCUT2D eigenvalue weighted by molar-refractivity contribution is 5.97. The van der Waals surface area contributed by atoms with Gasteiger partial charge in [-0.05, 0) is 19.2 Å². The van der Waals surface area contributed by atoms with E-state index in [-0.39, 0.29) is 12.7 Å². The predicted octanol–water partition coefficient (Wildman–Crippen LogP) is 0.366. The van der Waals surface area contributed by atoms with Gasteiger partial charge >= 0.3 is 0 Å². The van der Waals surface area contributed by atoms with Crippen molar-refractivity contribution in [3.8, 4) is 11.5 Å². The van der Waals surface area contributed by atoms with Gasteiger partial charge in [0.05, 0.1) is 6.61 Å². The highest BCUT2D eigenvalue weighted by Gasteiger charge is 2.30. The first kappa shape index (κ1) is 12.3. The zero-order chi connectivity index (χ0) is 13.2. The maximum Gasteiger partial charge on any atom is 0.257 e. The first-order valence-corrected chi connectivity index (χ1v) is 6.27. The van der Waals surface area contributed by atoms with E-state index in [1.807, 2.05) is 18.2 Å². The molecule has 0 aromatic heterocycles. The van der Waals surface area contributed by atoms with E-state index in [0.29, 0.717) is 25.4 Å². The Morgan fingerprint density at radius 2 is 2.21 bits per heavy atom. The number of morpholine rings is 1. The van der Waals surface area contributed by atoms with Crippen LogP contribution < -0.4 is 19.7 Å². The quantitative estimate of drug-likeness (QED) is 0.854. The predicted molar refractivity (Wildman–Crippen MR) is 68.6 cm³/mol. The molecule has 102 valence electrons. The molecule has 1 atom stereocenters. The number of ether oxygens (including phenoxy) is 3. The van der Waals surface area contributed by atoms with Gasteiger partial charge in [-0.3, -0.25) is 4.79 Å². The summed E-state index contributed by atoms with van der Waals surface area (Å²) in [4.78, 5) is 14.0. The van der Waals surface area contributed by atoms with E-state index < -0.39 is 6.10 Å². The molecule has 1 saturated heterocycles. The Morgan fingerprint density at radius 1 is 1.37 bits per heavy atom. The van der Waals surface area contributed by atoms with Gasteiger partial charge in [0.1, 0.15) is 6.10 Å². The molecule has 0 aliphatic carbocycles. The number of likely N-dealkylation sites (N-methyl/N-ethyl adjacent to an activating group) is 1. The molecule has 2 heterocycles. The van der Waals surface area contributed by atoms with Crippen molar-refractivity contribution < 1.29 is 19.0 Å². The van der Waals surface area contributed by atoms with Gasteiger partial charge in [-0.2, -0.15) is 0 Å². The van der Waals surface area contributed by atoms with Crippen molar-refractivity contribution in [1.29, 1.82) is 0 Å². The number of carbonyl (C=O) groups excluding carboxylic acids is 1. The lowest BCUT2D eigenvalue weighted by atomic mass is 10.2. The molecule has 0 bridgehead atoms. The van der Waals surface area contributed by atoms with Crippen LogP contribution in [0.2, 0.25) is 0 Å². The van der Waals surface area contributed by atoms with Crippen LogP contribution in [0.5, 0.6) is 11.5 Å². The van der Waals surface area contributed by atoms with Crippen molar-refractivity contribution in [3.63, 3.8) is 0 Å². The van der Waals surface area contributed by atoms with E-state index in [0.717, 1.165) is 11.4 Å². The normalized spacial score (nSPS) is 21.8. The number of benzene rings is 1. The molecule has 1 unspecified atom stereocenters. The zero-order valence-electron chi connectivity index (χ0n) is 10.7. The number of nitrogens with one attached hydrogen (secondary N) is 1. The molecule has 2 aliphatic heterocycles. The van der Waals surface area contributed by atoms with Crippen LogP contribution in [-0.2, 0) is 9.53 Å². The SMILES string of the molecule is CNCC1OCCN(c2ccc3c(c2)OCO3)C1=O. The molecule has 19 heavy (non-hydrogen) atoms. The molecule has 3 rings (SSSR count). The van der Waals surface area contributed by atoms with E-state index in [1.165, 1.54) is 0 Å². The second-order valence-corrected chi connectivity index (χ2v) is 4.44. The topological polar surface area (TPSA) is 60.0 Å². The first-order chi connectivity index (χ1) is 9.29. The molecule has 1 amide bonds. The second-order valence-electron chi connectivity index (χ2n) is 4.44. The van der Waals surface area contributed by atoms with Crippen molar-refractivity contribution in [3.05, 3.63) is 18.2 Å². The van der Waals surface area contributed by atoms with E-state index in [1.54, 1.807) is 11.9 Å². The van der Waals surface area contributed by atoms with Crippen LogP contribution in [0.4, 0.5) is 5.69 Å². The number of fused-ring (bicyclic) bond motifs is 1. The molecule has 1 aromatic carbocycles. The van der Waals surface area contributed by atoms with Gasteiger partial charge in [-0.25, -0.2) is 0 Å². The average Bonchev–Trinajstić information content (AvgIpc) is 2.88. The summed E-state index contributed by atoms with van der Waals surface area (Å²) in [5, 5.41) is 2.96. The first-order valence-electron chi connectivity index (χ1n) is 6.27. The van der Waals surface area contributed by atoms with Gasteiger partial charge in [0.2, 0.25) is 6.79 Å². The Bertz CT molecular complexity index is 490. The van der Waals surface area contributed by atoms with Crippen molar-refractivity contribution in [2.75, 3.05) is 38.4 Å². The Labute approximate surface area is 111 Å². The Morgan fingerprint density at radius 3 is 3.05 bits per heavy atom. The summed E-state index contributed by atoms with van der Waals surface area (Å²) < 4.78 is 16.1. The van der Waals surface area contributed by atoms with E-state index >= 15 is 0 Å². The van der Waals surface area contributed by atoms with Crippen LogP contribution in [0, 0.1) is 0 Å². The Balaban J connectivity index is 1.83. The molecular weight excluding hydrogens is 248 g/mol. The smallest absolute Gasteiger partial charge is 0.257 e. The van der Waals surface area contributed by atoms with Crippen molar-refractivity contribution in [2.45, 2.75) is 6.10 Å². The molecule has 1 fully saturated rings. The highest BCUT2D eigenvalue weighted by atomic mass is 16.7. The number of amides is 1. The van der Waals surface area contributed by atoms with Crippen LogP contribution in [0.3, 0.4) is 0 Å². The number of anilines is 1. The summed E-state index contributed by atoms with van der Waals surface area (Å²) in [5.41, 5.74) is 0.818. The van der Waals surface area contributed by atoms with Crippen molar-refractivity contribution in [2.24, 2.45) is 0 Å². The lowest BCUT2D eigenvalue weighted by Gasteiger charge is -2.32. The molecule has 0 spiro atoms. The lowest BCUT2D eigenvalue weighted by Crippen LogP contribution is -2.51. The van der Waals surface area contributed by atoms with Gasteiger partial charge < -0.3 is 24.4 Å². The maximum atomic E-state index is 12.3. The Kier molecular flexibility index (Phi) is 3.27. The summed E-state index contributed by atoms with van der Waals surface area (Å²) in [7, 11) is 1.80. The monoisotopic (exact) mass is 264 g/mol. The summed E-state index contributed by atoms with van der Waals surface area (Å²) in [6.45, 7) is 1.84. The second kappa shape index (κ2) is 5.07. The highest BCUT2D eigenvalue weighted by Crippen LogP contribution is 2.35. The summed E-state index contributed by atoms with van der Waals surface area (Å²) >= 11 is 0. The fraction of sp³-hybridized carbons (Fsp3) is 0.462. The maximum absolute atomic E-state index is 12.3. The number of hydrogen-bond donors (Lipinski definition) is 1. The lowest BCUT2D eigenvalue weighted by molar-refractivity contribution is -0.133. The average molecular weight is 264 g/mol. The van der Waals surface area contributed by atoms with Gasteiger partial charge in [0.15, 0.2) is 11.5 Å². The van der Waals surface area contributed by atoms with E-state index in [2.05, 4.69) is 5.32 Å². The molecule has 0 saturated carbocycles. The third-order valence-corrected chi connectivity index (χ3v) is 3.23. The summed E-state index contributed by atoms with van der Waals surface area (Å²) in [6, 6.07) is 5.53. The molecule has 1 N–H and O–H groups in total. The van der Waals surface area contributed by atoms with E-state index in [9.17, 15) is 4.79 Å². The Hall–Kier alpha value is -1.79. The van der Waals surface area contributed by atoms with Crippen LogP contribution in [0.1, 0.15) is 0 Å². The van der Waals surface area contributed by atoms with Crippen molar-refractivity contribution in [1.82, 2.24) is 5.32 Å². The fourth-order valence-corrected chi connectivity index (χ4v) is 2.28. The number of carbonyl (C=O) groups is 1. The third-order valence-electron chi connectivity index (χ3n) is 3.23. The van der Waals surface area contributed by atoms with Gasteiger partial charge in [-0.1, -0.05) is 0 Å². The molecule has 2 aliphatic rings. The molecule has 6 heteroatoms. The number of hydrogen-bond acceptors (Lipinski definition) is 5. The van der Waals surface area contributed by atoms with Gasteiger partial charge in [0.25, 0.3) is 5.91 Å².